The summed E-state index contributed by atoms with van der Waals surface area (Å²) in [6.07, 6.45) is 52.1. The van der Waals surface area contributed by atoms with Crippen molar-refractivity contribution in [2.24, 2.45) is 0 Å². The Morgan fingerprint density at radius 1 is 0.556 bits per heavy atom. The van der Waals surface area contributed by atoms with Crippen molar-refractivity contribution in [1.82, 2.24) is 5.32 Å². The van der Waals surface area contributed by atoms with Gasteiger partial charge in [-0.25, -0.2) is 4.79 Å². The van der Waals surface area contributed by atoms with E-state index in [9.17, 15) is 9.59 Å². The molecule has 0 radical (unpaired) electrons. The second-order valence-electron chi connectivity index (χ2n) is 16.1. The first-order valence-electron chi connectivity index (χ1n) is 23.6. The van der Waals surface area contributed by atoms with Crippen LogP contribution >= 0.6 is 0 Å². The molecule has 1 N–H and O–H groups in total. The molecule has 0 aliphatic carbocycles. The molecule has 1 aliphatic heterocycles. The van der Waals surface area contributed by atoms with Gasteiger partial charge in [0.15, 0.2) is 0 Å². The first-order valence-corrected chi connectivity index (χ1v) is 23.6. The van der Waals surface area contributed by atoms with Crippen molar-refractivity contribution in [1.29, 1.82) is 0 Å². The van der Waals surface area contributed by atoms with Crippen LogP contribution in [0.4, 0.5) is 0 Å². The average molecular weight is 760 g/mol. The summed E-state index contributed by atoms with van der Waals surface area (Å²) in [4.78, 5) is 24.0. The van der Waals surface area contributed by atoms with Crippen molar-refractivity contribution >= 4 is 11.9 Å². The smallest absolute Gasteiger partial charge is 0.328 e. The summed E-state index contributed by atoms with van der Waals surface area (Å²) in [5.41, 5.74) is 0. The molecule has 0 spiro atoms. The van der Waals surface area contributed by atoms with Gasteiger partial charge in [0.25, 0.3) is 0 Å². The van der Waals surface area contributed by atoms with Gasteiger partial charge in [-0.2, -0.15) is 0 Å². The second kappa shape index (κ2) is 41.0. The topological polar surface area (TPSA) is 73.9 Å². The van der Waals surface area contributed by atoms with Crippen LogP contribution in [0.1, 0.15) is 232 Å². The summed E-state index contributed by atoms with van der Waals surface area (Å²) in [6, 6.07) is -0.528. The lowest BCUT2D eigenvalue weighted by atomic mass is 10.1. The van der Waals surface area contributed by atoms with Crippen molar-refractivity contribution in [2.45, 2.75) is 244 Å². The second-order valence-corrected chi connectivity index (χ2v) is 16.1. The third kappa shape index (κ3) is 34.8. The zero-order valence-corrected chi connectivity index (χ0v) is 35.9. The van der Waals surface area contributed by atoms with Crippen molar-refractivity contribution < 1.29 is 23.8 Å². The molecule has 0 aromatic carbocycles. The fourth-order valence-electron chi connectivity index (χ4n) is 7.18. The van der Waals surface area contributed by atoms with Crippen molar-refractivity contribution in [3.05, 3.63) is 24.3 Å². The lowest BCUT2D eigenvalue weighted by Crippen LogP contribution is -2.37. The fourth-order valence-corrected chi connectivity index (χ4v) is 7.18. The molecular weight excluding hydrogens is 671 g/mol. The maximum absolute atomic E-state index is 12.5. The molecule has 1 rings (SSSR count). The fraction of sp³-hybridized carbons (Fsp3) is 0.875. The van der Waals surface area contributed by atoms with Gasteiger partial charge in [0, 0.05) is 19.6 Å². The maximum atomic E-state index is 12.5. The number of amides is 1. The van der Waals surface area contributed by atoms with Crippen LogP contribution in [0.25, 0.3) is 0 Å². The Morgan fingerprint density at radius 3 is 1.35 bits per heavy atom. The van der Waals surface area contributed by atoms with Crippen LogP contribution in [0.2, 0.25) is 0 Å². The highest BCUT2D eigenvalue weighted by molar-refractivity contribution is 5.88. The third-order valence-electron chi connectivity index (χ3n) is 10.8. The zero-order chi connectivity index (χ0) is 38.8. The van der Waals surface area contributed by atoms with Crippen molar-refractivity contribution in [3.63, 3.8) is 0 Å². The molecule has 316 valence electrons. The number of carbonyl (C=O) groups excluding carboxylic acids is 2. The van der Waals surface area contributed by atoms with Gasteiger partial charge in [0.1, 0.15) is 18.8 Å². The van der Waals surface area contributed by atoms with Gasteiger partial charge in [0.05, 0.1) is 6.61 Å². The number of unbranched alkanes of at least 4 members (excludes halogenated alkanes) is 28. The molecule has 0 aromatic rings. The van der Waals surface area contributed by atoms with E-state index in [0.717, 1.165) is 19.3 Å². The van der Waals surface area contributed by atoms with E-state index >= 15 is 0 Å². The molecule has 0 saturated carbocycles. The van der Waals surface area contributed by atoms with Crippen molar-refractivity contribution in [2.75, 3.05) is 26.4 Å². The van der Waals surface area contributed by atoms with Gasteiger partial charge in [0.2, 0.25) is 5.91 Å². The predicted octanol–water partition coefficient (Wildman–Crippen LogP) is 13.8. The first kappa shape index (κ1) is 50.4. The van der Waals surface area contributed by atoms with Crippen LogP contribution in [-0.4, -0.2) is 50.4 Å². The monoisotopic (exact) mass is 760 g/mol. The van der Waals surface area contributed by atoms with Crippen LogP contribution in [0.15, 0.2) is 24.3 Å². The molecule has 0 bridgehead atoms. The van der Waals surface area contributed by atoms with Crippen LogP contribution in [-0.2, 0) is 23.8 Å². The van der Waals surface area contributed by atoms with E-state index in [0.29, 0.717) is 32.7 Å². The Bertz CT molecular complexity index is 873. The lowest BCUT2D eigenvalue weighted by molar-refractivity contribution is -0.152. The third-order valence-corrected chi connectivity index (χ3v) is 10.8. The number of rotatable bonds is 42. The molecule has 1 fully saturated rings. The standard InChI is InChI=1S/C48H89NO5/c1-3-5-7-9-11-13-15-17-19-21-23-25-27-29-31-33-35-37-41-52-43-45(44-54-48(51)46-39-40-47(50)49-46)53-42-38-36-34-32-30-28-26-24-22-20-18-16-14-12-10-8-6-4-2/h21-24,45-46H,3-20,25-44H2,1-2H3,(H,49,50). The van der Waals surface area contributed by atoms with Gasteiger partial charge >= 0.3 is 5.97 Å². The number of ether oxygens (including phenoxy) is 3. The largest absolute Gasteiger partial charge is 0.461 e. The zero-order valence-electron chi connectivity index (χ0n) is 35.9. The number of nitrogens with one attached hydrogen (secondary N) is 1. The van der Waals surface area contributed by atoms with Gasteiger partial charge < -0.3 is 19.5 Å². The quantitative estimate of drug-likeness (QED) is 0.0381. The van der Waals surface area contributed by atoms with Crippen LogP contribution < -0.4 is 5.32 Å². The van der Waals surface area contributed by atoms with Crippen LogP contribution in [0.5, 0.6) is 0 Å². The first-order chi connectivity index (χ1) is 26.7. The van der Waals surface area contributed by atoms with E-state index in [1.54, 1.807) is 0 Å². The van der Waals surface area contributed by atoms with Gasteiger partial charge in [-0.1, -0.05) is 179 Å². The molecule has 1 amide bonds. The molecule has 6 nitrogen and oxygen atoms in total. The molecule has 2 unspecified atom stereocenters. The number of hydrogen-bond acceptors (Lipinski definition) is 5. The number of allylic oxidation sites excluding steroid dienone is 4. The summed E-state index contributed by atoms with van der Waals surface area (Å²) >= 11 is 0. The summed E-state index contributed by atoms with van der Waals surface area (Å²) < 4.78 is 17.7. The lowest BCUT2D eigenvalue weighted by Gasteiger charge is -2.19. The predicted molar refractivity (Wildman–Crippen MR) is 230 cm³/mol. The van der Waals surface area contributed by atoms with Gasteiger partial charge in [-0.05, 0) is 70.6 Å². The Labute approximate surface area is 335 Å². The minimum absolute atomic E-state index is 0.0835. The van der Waals surface area contributed by atoms with E-state index in [4.69, 9.17) is 14.2 Å². The highest BCUT2D eigenvalue weighted by Gasteiger charge is 2.29. The highest BCUT2D eigenvalue weighted by Crippen LogP contribution is 2.14. The van der Waals surface area contributed by atoms with Gasteiger partial charge in [-0.3, -0.25) is 4.79 Å². The minimum atomic E-state index is -0.528. The van der Waals surface area contributed by atoms with E-state index in [1.807, 2.05) is 0 Å². The number of hydrogen-bond donors (Lipinski definition) is 1. The molecule has 1 aliphatic rings. The molecule has 54 heavy (non-hydrogen) atoms. The van der Waals surface area contributed by atoms with E-state index in [2.05, 4.69) is 43.5 Å². The summed E-state index contributed by atoms with van der Waals surface area (Å²) in [6.45, 7) is 6.54. The van der Waals surface area contributed by atoms with Gasteiger partial charge in [-0.15, -0.1) is 0 Å². The summed E-state index contributed by atoms with van der Waals surface area (Å²) in [5, 5.41) is 2.70. The number of carbonyl (C=O) groups is 2. The summed E-state index contributed by atoms with van der Waals surface area (Å²) in [5.74, 6) is -0.448. The minimum Gasteiger partial charge on any atom is -0.461 e. The highest BCUT2D eigenvalue weighted by atomic mass is 16.6. The van der Waals surface area contributed by atoms with E-state index in [1.165, 1.54) is 186 Å². The molecular formula is C48H89NO5. The number of esters is 1. The van der Waals surface area contributed by atoms with Crippen LogP contribution in [0, 0.1) is 0 Å². The average Bonchev–Trinajstić information content (AvgIpc) is 3.62. The van der Waals surface area contributed by atoms with Crippen LogP contribution in [0.3, 0.4) is 0 Å². The SMILES string of the molecule is CCCCCCCCCCC=CCCCCCCCCOCC(COC(=O)C1CCC(=O)N1)OCCCCCCCCC=CCCCCCCCCCC. The Balaban J connectivity index is 2.05. The molecule has 0 aromatic heterocycles. The van der Waals surface area contributed by atoms with E-state index in [-0.39, 0.29) is 24.6 Å². The Kier molecular flexibility index (Phi) is 38.2. The molecule has 1 heterocycles. The molecule has 2 atom stereocenters. The Morgan fingerprint density at radius 2 is 0.944 bits per heavy atom. The van der Waals surface area contributed by atoms with Crippen molar-refractivity contribution in [3.8, 4) is 0 Å². The molecule has 6 heteroatoms. The Hall–Kier alpha value is -1.66. The summed E-state index contributed by atoms with van der Waals surface area (Å²) in [7, 11) is 0. The maximum Gasteiger partial charge on any atom is 0.328 e. The normalized spacial score (nSPS) is 15.1. The molecule has 1 saturated heterocycles. The van der Waals surface area contributed by atoms with E-state index < -0.39 is 6.04 Å².